The van der Waals surface area contributed by atoms with E-state index in [0.717, 1.165) is 5.56 Å². The fourth-order valence-electron chi connectivity index (χ4n) is 2.28. The van der Waals surface area contributed by atoms with Gasteiger partial charge in [-0.1, -0.05) is 54.2 Å². The van der Waals surface area contributed by atoms with E-state index in [1.54, 1.807) is 18.2 Å². The molecule has 0 aliphatic heterocycles. The third kappa shape index (κ3) is 3.43. The van der Waals surface area contributed by atoms with Crippen LogP contribution < -0.4 is 11.3 Å². The van der Waals surface area contributed by atoms with Crippen LogP contribution in [0.2, 0.25) is 0 Å². The monoisotopic (exact) mass is 325 g/mol. The fourth-order valence-corrected chi connectivity index (χ4v) is 3.23. The molecule has 0 saturated carbocycles. The summed E-state index contributed by atoms with van der Waals surface area (Å²) >= 11 is 1.42. The second-order valence-electron chi connectivity index (χ2n) is 5.04. The third-order valence-corrected chi connectivity index (χ3v) is 4.40. The zero-order valence-corrected chi connectivity index (χ0v) is 13.1. The number of fused-ring (bicyclic) bond motifs is 1. The minimum atomic E-state index is -0.564. The molecule has 3 aromatic rings. The summed E-state index contributed by atoms with van der Waals surface area (Å²) in [6.45, 7) is -0.173. The van der Waals surface area contributed by atoms with E-state index in [1.165, 1.54) is 16.3 Å². The SMILES string of the molecule is NC(=O)Cn1c(SCc2ccccc2)nc2ccccc2c1=O. The van der Waals surface area contributed by atoms with Crippen LogP contribution in [0.25, 0.3) is 10.9 Å². The topological polar surface area (TPSA) is 78.0 Å². The molecule has 23 heavy (non-hydrogen) atoms. The van der Waals surface area contributed by atoms with E-state index < -0.39 is 5.91 Å². The predicted octanol–water partition coefficient (Wildman–Crippen LogP) is 2.17. The highest BCUT2D eigenvalue weighted by molar-refractivity contribution is 7.98. The van der Waals surface area contributed by atoms with Crippen molar-refractivity contribution in [1.29, 1.82) is 0 Å². The molecule has 1 amide bonds. The van der Waals surface area contributed by atoms with Crippen molar-refractivity contribution >= 4 is 28.6 Å². The Bertz CT molecular complexity index is 907. The summed E-state index contributed by atoms with van der Waals surface area (Å²) in [6, 6.07) is 17.0. The number of carbonyl (C=O) groups excluding carboxylic acids is 1. The number of amides is 1. The quantitative estimate of drug-likeness (QED) is 0.576. The average molecular weight is 325 g/mol. The summed E-state index contributed by atoms with van der Waals surface area (Å²) in [6.07, 6.45) is 0. The van der Waals surface area contributed by atoms with Gasteiger partial charge in [-0.2, -0.15) is 0 Å². The Morgan fingerprint density at radius 1 is 1.09 bits per heavy atom. The van der Waals surface area contributed by atoms with Gasteiger partial charge in [0.25, 0.3) is 5.56 Å². The molecule has 1 aromatic heterocycles. The number of para-hydroxylation sites is 1. The van der Waals surface area contributed by atoms with Crippen LogP contribution in [0.1, 0.15) is 5.56 Å². The second kappa shape index (κ2) is 6.66. The Morgan fingerprint density at radius 2 is 1.78 bits per heavy atom. The smallest absolute Gasteiger partial charge is 0.262 e. The molecule has 0 atom stereocenters. The normalized spacial score (nSPS) is 10.8. The lowest BCUT2D eigenvalue weighted by Gasteiger charge is -2.11. The summed E-state index contributed by atoms with van der Waals surface area (Å²) in [7, 11) is 0. The largest absolute Gasteiger partial charge is 0.368 e. The van der Waals surface area contributed by atoms with Crippen molar-refractivity contribution in [3.05, 3.63) is 70.5 Å². The van der Waals surface area contributed by atoms with E-state index in [1.807, 2.05) is 36.4 Å². The van der Waals surface area contributed by atoms with Gasteiger partial charge in [-0.15, -0.1) is 0 Å². The van der Waals surface area contributed by atoms with Crippen molar-refractivity contribution < 1.29 is 4.79 Å². The third-order valence-electron chi connectivity index (χ3n) is 3.35. The first kappa shape index (κ1) is 15.3. The number of thioether (sulfide) groups is 1. The summed E-state index contributed by atoms with van der Waals surface area (Å²) < 4.78 is 1.35. The number of benzene rings is 2. The summed E-state index contributed by atoms with van der Waals surface area (Å²) in [5, 5.41) is 0.981. The molecule has 3 rings (SSSR count). The van der Waals surface area contributed by atoms with Gasteiger partial charge in [0, 0.05) is 5.75 Å². The first-order valence-electron chi connectivity index (χ1n) is 7.10. The molecule has 2 N–H and O–H groups in total. The van der Waals surface area contributed by atoms with Crippen molar-refractivity contribution in [2.45, 2.75) is 17.5 Å². The van der Waals surface area contributed by atoms with Gasteiger partial charge in [0.2, 0.25) is 5.91 Å². The van der Waals surface area contributed by atoms with Gasteiger partial charge in [0.15, 0.2) is 5.16 Å². The van der Waals surface area contributed by atoms with Crippen molar-refractivity contribution in [3.63, 3.8) is 0 Å². The minimum Gasteiger partial charge on any atom is -0.368 e. The van der Waals surface area contributed by atoms with Gasteiger partial charge in [-0.05, 0) is 17.7 Å². The zero-order chi connectivity index (χ0) is 16.2. The number of nitrogens with two attached hydrogens (primary N) is 1. The molecule has 5 nitrogen and oxygen atoms in total. The Labute approximate surface area is 137 Å². The molecule has 116 valence electrons. The van der Waals surface area contributed by atoms with Crippen LogP contribution in [-0.2, 0) is 17.1 Å². The van der Waals surface area contributed by atoms with Crippen LogP contribution >= 0.6 is 11.8 Å². The van der Waals surface area contributed by atoms with Crippen LogP contribution in [0.3, 0.4) is 0 Å². The molecule has 0 spiro atoms. The van der Waals surface area contributed by atoms with Gasteiger partial charge in [0.1, 0.15) is 6.54 Å². The Hall–Kier alpha value is -2.60. The van der Waals surface area contributed by atoms with E-state index in [9.17, 15) is 9.59 Å². The van der Waals surface area contributed by atoms with E-state index in [-0.39, 0.29) is 12.1 Å². The molecule has 0 fully saturated rings. The van der Waals surface area contributed by atoms with Gasteiger partial charge in [-0.3, -0.25) is 14.2 Å². The minimum absolute atomic E-state index is 0.173. The number of primary amides is 1. The maximum Gasteiger partial charge on any atom is 0.262 e. The van der Waals surface area contributed by atoms with E-state index in [4.69, 9.17) is 5.73 Å². The van der Waals surface area contributed by atoms with Gasteiger partial charge < -0.3 is 5.73 Å². The lowest BCUT2D eigenvalue weighted by Crippen LogP contribution is -2.30. The van der Waals surface area contributed by atoms with Crippen molar-refractivity contribution in [1.82, 2.24) is 9.55 Å². The summed E-state index contributed by atoms with van der Waals surface area (Å²) in [4.78, 5) is 28.4. The van der Waals surface area contributed by atoms with Crippen molar-refractivity contribution in [2.75, 3.05) is 0 Å². The highest BCUT2D eigenvalue weighted by Crippen LogP contribution is 2.21. The standard InChI is InChI=1S/C17H15N3O2S/c18-15(21)10-20-16(22)13-8-4-5-9-14(13)19-17(20)23-11-12-6-2-1-3-7-12/h1-9H,10-11H2,(H2,18,21). The number of aromatic nitrogens is 2. The van der Waals surface area contributed by atoms with Gasteiger partial charge in [-0.25, -0.2) is 4.98 Å². The second-order valence-corrected chi connectivity index (χ2v) is 5.99. The van der Waals surface area contributed by atoms with E-state index in [2.05, 4.69) is 4.98 Å². The Kier molecular flexibility index (Phi) is 4.43. The van der Waals surface area contributed by atoms with Gasteiger partial charge in [0.05, 0.1) is 10.9 Å². The Balaban J connectivity index is 2.03. The number of nitrogens with zero attached hydrogens (tertiary/aromatic N) is 2. The summed E-state index contributed by atoms with van der Waals surface area (Å²) in [5.41, 5.74) is 6.77. The van der Waals surface area contributed by atoms with E-state index in [0.29, 0.717) is 21.8 Å². The maximum atomic E-state index is 12.6. The van der Waals surface area contributed by atoms with Crippen LogP contribution in [0.5, 0.6) is 0 Å². The maximum absolute atomic E-state index is 12.6. The zero-order valence-electron chi connectivity index (χ0n) is 12.3. The molecule has 0 radical (unpaired) electrons. The molecular formula is C17H15N3O2S. The predicted molar refractivity (Wildman–Crippen MR) is 91.2 cm³/mol. The molecule has 0 aliphatic rings. The molecule has 2 aromatic carbocycles. The number of carbonyl (C=O) groups is 1. The molecule has 0 unspecified atom stereocenters. The van der Waals surface area contributed by atoms with Crippen LogP contribution in [0.15, 0.2) is 64.5 Å². The molecular weight excluding hydrogens is 310 g/mol. The number of rotatable bonds is 5. The van der Waals surface area contributed by atoms with Crippen molar-refractivity contribution in [3.8, 4) is 0 Å². The van der Waals surface area contributed by atoms with Crippen LogP contribution in [0, 0.1) is 0 Å². The van der Waals surface area contributed by atoms with Crippen LogP contribution in [-0.4, -0.2) is 15.5 Å². The highest BCUT2D eigenvalue weighted by Gasteiger charge is 2.13. The lowest BCUT2D eigenvalue weighted by atomic mass is 10.2. The molecule has 0 aliphatic carbocycles. The molecule has 1 heterocycles. The van der Waals surface area contributed by atoms with E-state index >= 15 is 0 Å². The molecule has 0 bridgehead atoms. The highest BCUT2D eigenvalue weighted by atomic mass is 32.2. The fraction of sp³-hybridized carbons (Fsp3) is 0.118. The first-order valence-corrected chi connectivity index (χ1v) is 8.08. The number of hydrogen-bond acceptors (Lipinski definition) is 4. The number of hydrogen-bond donors (Lipinski definition) is 1. The molecule has 0 saturated heterocycles. The van der Waals surface area contributed by atoms with Gasteiger partial charge >= 0.3 is 0 Å². The summed E-state index contributed by atoms with van der Waals surface area (Å²) in [5.74, 6) is 0.0930. The average Bonchev–Trinajstić information content (AvgIpc) is 2.56. The lowest BCUT2D eigenvalue weighted by molar-refractivity contribution is -0.118. The first-order chi connectivity index (χ1) is 11.1. The van der Waals surface area contributed by atoms with Crippen LogP contribution in [0.4, 0.5) is 0 Å². The molecule has 6 heteroatoms. The van der Waals surface area contributed by atoms with Crippen molar-refractivity contribution in [2.24, 2.45) is 5.73 Å². The Morgan fingerprint density at radius 3 is 2.52 bits per heavy atom.